The average molecular weight is 300 g/mol. The fourth-order valence-corrected chi connectivity index (χ4v) is 3.20. The third-order valence-electron chi connectivity index (χ3n) is 3.88. The highest BCUT2D eigenvalue weighted by Crippen LogP contribution is 2.29. The second-order valence-corrected chi connectivity index (χ2v) is 7.20. The topological polar surface area (TPSA) is 49.4 Å². The summed E-state index contributed by atoms with van der Waals surface area (Å²) in [6.07, 6.45) is 0.875. The molecule has 1 heterocycles. The molecule has 0 fully saturated rings. The molecule has 0 aliphatic carbocycles. The van der Waals surface area contributed by atoms with E-state index >= 15 is 0 Å². The van der Waals surface area contributed by atoms with Gasteiger partial charge in [-0.1, -0.05) is 6.07 Å². The fraction of sp³-hybridized carbons (Fsp3) is 0.571. The highest BCUT2D eigenvalue weighted by Gasteiger charge is 2.24. The standard InChI is InChI=1S/C14H21FN2O2S/c1-3-20(18,19)16-7-9-17-8-6-12-4-5-13(15)10-14(12)11(17)2/h4-5,10-11,16H,3,6-9H2,1-2H3/t11-/m0/s1. The smallest absolute Gasteiger partial charge is 0.211 e. The van der Waals surface area contributed by atoms with Crippen LogP contribution in [-0.4, -0.2) is 38.7 Å². The SMILES string of the molecule is CCS(=O)(=O)NCCN1CCc2ccc(F)cc2[C@@H]1C. The molecule has 1 aliphatic rings. The summed E-state index contributed by atoms with van der Waals surface area (Å²) >= 11 is 0. The van der Waals surface area contributed by atoms with Crippen molar-refractivity contribution >= 4 is 10.0 Å². The van der Waals surface area contributed by atoms with Crippen LogP contribution in [0, 0.1) is 5.82 Å². The number of hydrogen-bond donors (Lipinski definition) is 1. The predicted molar refractivity (Wildman–Crippen MR) is 77.6 cm³/mol. The van der Waals surface area contributed by atoms with Crippen LogP contribution < -0.4 is 4.72 Å². The molecule has 1 aliphatic heterocycles. The van der Waals surface area contributed by atoms with E-state index in [2.05, 4.69) is 9.62 Å². The van der Waals surface area contributed by atoms with Crippen LogP contribution in [0.4, 0.5) is 4.39 Å². The fourth-order valence-electron chi connectivity index (χ4n) is 2.59. The minimum atomic E-state index is -3.14. The Hall–Kier alpha value is -0.980. The van der Waals surface area contributed by atoms with Crippen molar-refractivity contribution in [3.8, 4) is 0 Å². The number of hydrogen-bond acceptors (Lipinski definition) is 3. The number of benzene rings is 1. The Morgan fingerprint density at radius 1 is 1.45 bits per heavy atom. The molecule has 0 saturated heterocycles. The van der Waals surface area contributed by atoms with Gasteiger partial charge in [-0.05, 0) is 43.5 Å². The molecule has 1 aromatic rings. The van der Waals surface area contributed by atoms with Gasteiger partial charge < -0.3 is 0 Å². The summed E-state index contributed by atoms with van der Waals surface area (Å²) in [7, 11) is -3.14. The number of nitrogens with one attached hydrogen (secondary N) is 1. The monoisotopic (exact) mass is 300 g/mol. The highest BCUT2D eigenvalue weighted by atomic mass is 32.2. The Kier molecular flexibility index (Phi) is 4.78. The summed E-state index contributed by atoms with van der Waals surface area (Å²) in [6.45, 7) is 5.55. The molecular formula is C14H21FN2O2S. The Morgan fingerprint density at radius 3 is 2.90 bits per heavy atom. The van der Waals surface area contributed by atoms with Crippen molar-refractivity contribution in [1.82, 2.24) is 9.62 Å². The van der Waals surface area contributed by atoms with Crippen molar-refractivity contribution in [2.24, 2.45) is 0 Å². The molecule has 0 radical (unpaired) electrons. The van der Waals surface area contributed by atoms with Gasteiger partial charge in [-0.25, -0.2) is 17.5 Å². The molecule has 1 aromatic carbocycles. The van der Waals surface area contributed by atoms with Crippen molar-refractivity contribution < 1.29 is 12.8 Å². The molecule has 2 rings (SSSR count). The van der Waals surface area contributed by atoms with Gasteiger partial charge in [0.1, 0.15) is 5.82 Å². The molecule has 0 bridgehead atoms. The van der Waals surface area contributed by atoms with Crippen LogP contribution in [-0.2, 0) is 16.4 Å². The first-order chi connectivity index (χ1) is 9.43. The average Bonchev–Trinajstić information content (AvgIpc) is 2.42. The lowest BCUT2D eigenvalue weighted by atomic mass is 9.93. The maximum atomic E-state index is 13.3. The third kappa shape index (κ3) is 3.56. The molecule has 0 amide bonds. The van der Waals surface area contributed by atoms with Gasteiger partial charge >= 0.3 is 0 Å². The first kappa shape index (κ1) is 15.4. The second kappa shape index (κ2) is 6.20. The summed E-state index contributed by atoms with van der Waals surface area (Å²) in [5.41, 5.74) is 2.19. The van der Waals surface area contributed by atoms with E-state index < -0.39 is 10.0 Å². The minimum Gasteiger partial charge on any atom is -0.295 e. The van der Waals surface area contributed by atoms with E-state index in [9.17, 15) is 12.8 Å². The number of halogens is 1. The summed E-state index contributed by atoms with van der Waals surface area (Å²) in [5, 5.41) is 0. The maximum absolute atomic E-state index is 13.3. The molecule has 1 N–H and O–H groups in total. The summed E-state index contributed by atoms with van der Waals surface area (Å²) < 4.78 is 38.7. The maximum Gasteiger partial charge on any atom is 0.211 e. The summed E-state index contributed by atoms with van der Waals surface area (Å²) in [4.78, 5) is 2.18. The van der Waals surface area contributed by atoms with Crippen LogP contribution in [0.1, 0.15) is 31.0 Å². The van der Waals surface area contributed by atoms with Crippen LogP contribution in [0.3, 0.4) is 0 Å². The van der Waals surface area contributed by atoms with Gasteiger partial charge in [0.2, 0.25) is 10.0 Å². The summed E-state index contributed by atoms with van der Waals surface area (Å²) in [6, 6.07) is 5.04. The number of fused-ring (bicyclic) bond motifs is 1. The molecule has 1 atom stereocenters. The molecule has 112 valence electrons. The van der Waals surface area contributed by atoms with Crippen LogP contribution in [0.15, 0.2) is 18.2 Å². The number of sulfonamides is 1. The molecule has 0 unspecified atom stereocenters. The number of rotatable bonds is 5. The van der Waals surface area contributed by atoms with Crippen LogP contribution in [0.5, 0.6) is 0 Å². The lowest BCUT2D eigenvalue weighted by Crippen LogP contribution is -2.40. The molecule has 0 aromatic heterocycles. The molecular weight excluding hydrogens is 279 g/mol. The van der Waals surface area contributed by atoms with Gasteiger partial charge in [0, 0.05) is 25.7 Å². The van der Waals surface area contributed by atoms with Crippen LogP contribution in [0.25, 0.3) is 0 Å². The third-order valence-corrected chi connectivity index (χ3v) is 5.28. The molecule has 6 heteroatoms. The van der Waals surface area contributed by atoms with Crippen molar-refractivity contribution in [2.75, 3.05) is 25.4 Å². The van der Waals surface area contributed by atoms with E-state index in [4.69, 9.17) is 0 Å². The second-order valence-electron chi connectivity index (χ2n) is 5.10. The van der Waals surface area contributed by atoms with Gasteiger partial charge in [-0.2, -0.15) is 0 Å². The zero-order chi connectivity index (χ0) is 14.8. The Bertz CT molecular complexity index is 575. The van der Waals surface area contributed by atoms with Crippen LogP contribution >= 0.6 is 0 Å². The van der Waals surface area contributed by atoms with E-state index in [0.717, 1.165) is 18.5 Å². The lowest BCUT2D eigenvalue weighted by molar-refractivity contribution is 0.202. The van der Waals surface area contributed by atoms with E-state index in [-0.39, 0.29) is 17.6 Å². The number of nitrogens with zero attached hydrogens (tertiary/aromatic N) is 1. The molecule has 0 spiro atoms. The van der Waals surface area contributed by atoms with Gasteiger partial charge in [-0.3, -0.25) is 4.90 Å². The van der Waals surface area contributed by atoms with Gasteiger partial charge in [-0.15, -0.1) is 0 Å². The summed E-state index contributed by atoms with van der Waals surface area (Å²) in [5.74, 6) is -0.125. The zero-order valence-electron chi connectivity index (χ0n) is 11.9. The van der Waals surface area contributed by atoms with Crippen molar-refractivity contribution in [3.63, 3.8) is 0 Å². The van der Waals surface area contributed by atoms with Crippen LogP contribution in [0.2, 0.25) is 0 Å². The zero-order valence-corrected chi connectivity index (χ0v) is 12.7. The van der Waals surface area contributed by atoms with Crippen molar-refractivity contribution in [3.05, 3.63) is 35.1 Å². The van der Waals surface area contributed by atoms with Crippen molar-refractivity contribution in [1.29, 1.82) is 0 Å². The molecule has 20 heavy (non-hydrogen) atoms. The predicted octanol–water partition coefficient (Wildman–Crippen LogP) is 1.68. The lowest BCUT2D eigenvalue weighted by Gasteiger charge is -2.35. The van der Waals surface area contributed by atoms with Gasteiger partial charge in [0.05, 0.1) is 5.75 Å². The Labute approximate surface area is 120 Å². The van der Waals surface area contributed by atoms with E-state index in [1.807, 2.05) is 13.0 Å². The Balaban J connectivity index is 1.99. The first-order valence-corrected chi connectivity index (χ1v) is 8.58. The largest absolute Gasteiger partial charge is 0.295 e. The van der Waals surface area contributed by atoms with Crippen molar-refractivity contribution in [2.45, 2.75) is 26.3 Å². The molecule has 0 saturated carbocycles. The van der Waals surface area contributed by atoms with E-state index in [1.165, 1.54) is 11.6 Å². The van der Waals surface area contributed by atoms with Gasteiger partial charge in [0.15, 0.2) is 0 Å². The molecule has 4 nitrogen and oxygen atoms in total. The van der Waals surface area contributed by atoms with E-state index in [1.54, 1.807) is 13.0 Å². The first-order valence-electron chi connectivity index (χ1n) is 6.92. The Morgan fingerprint density at radius 2 is 2.20 bits per heavy atom. The quantitative estimate of drug-likeness (QED) is 0.900. The minimum absolute atomic E-state index is 0.0938. The van der Waals surface area contributed by atoms with E-state index in [0.29, 0.717) is 13.1 Å². The highest BCUT2D eigenvalue weighted by molar-refractivity contribution is 7.89. The normalized spacial score (nSPS) is 19.9. The van der Waals surface area contributed by atoms with Gasteiger partial charge in [0.25, 0.3) is 0 Å².